The van der Waals surface area contributed by atoms with Crippen molar-refractivity contribution in [1.82, 2.24) is 0 Å². The number of hydrogen-bond acceptors (Lipinski definition) is 5. The molecule has 1 aromatic rings. The van der Waals surface area contributed by atoms with E-state index in [1.165, 1.54) is 6.92 Å². The lowest BCUT2D eigenvalue weighted by atomic mass is 9.95. The predicted molar refractivity (Wildman–Crippen MR) is 79.4 cm³/mol. The Morgan fingerprint density at radius 3 is 2.29 bits per heavy atom. The molecule has 21 heavy (non-hydrogen) atoms. The van der Waals surface area contributed by atoms with Crippen molar-refractivity contribution in [3.8, 4) is 11.5 Å². The van der Waals surface area contributed by atoms with Crippen molar-refractivity contribution in [2.24, 2.45) is 0 Å². The van der Waals surface area contributed by atoms with Crippen LogP contribution in [0, 0.1) is 6.92 Å². The van der Waals surface area contributed by atoms with Gasteiger partial charge in [-0.1, -0.05) is 6.92 Å². The van der Waals surface area contributed by atoms with Crippen LogP contribution in [0.15, 0.2) is 0 Å². The van der Waals surface area contributed by atoms with Gasteiger partial charge in [-0.25, -0.2) is 0 Å². The highest BCUT2D eigenvalue weighted by molar-refractivity contribution is 5.85. The zero-order valence-electron chi connectivity index (χ0n) is 13.2. The molecule has 0 saturated heterocycles. The lowest BCUT2D eigenvalue weighted by molar-refractivity contribution is -0.118. The van der Waals surface area contributed by atoms with Crippen molar-refractivity contribution in [2.45, 2.75) is 33.8 Å². The molecule has 0 aliphatic rings. The third-order valence-corrected chi connectivity index (χ3v) is 3.30. The van der Waals surface area contributed by atoms with Gasteiger partial charge in [0.05, 0.1) is 19.3 Å². The Balaban J connectivity index is 3.57. The first-order valence-electron chi connectivity index (χ1n) is 6.80. The van der Waals surface area contributed by atoms with E-state index in [0.717, 1.165) is 23.0 Å². The number of carbonyl (C=O) groups is 2. The van der Waals surface area contributed by atoms with E-state index in [1.807, 2.05) is 13.8 Å². The molecule has 0 spiro atoms. The molecule has 0 aromatic heterocycles. The van der Waals surface area contributed by atoms with Crippen LogP contribution in [0.25, 0.3) is 0 Å². The van der Waals surface area contributed by atoms with Crippen molar-refractivity contribution in [2.75, 3.05) is 20.8 Å². The molecule has 5 heteroatoms. The van der Waals surface area contributed by atoms with Crippen molar-refractivity contribution in [1.29, 1.82) is 0 Å². The summed E-state index contributed by atoms with van der Waals surface area (Å²) in [4.78, 5) is 22.7. The van der Waals surface area contributed by atoms with E-state index in [1.54, 1.807) is 14.2 Å². The van der Waals surface area contributed by atoms with Gasteiger partial charge in [-0.05, 0) is 31.4 Å². The Kier molecular flexibility index (Phi) is 6.37. The van der Waals surface area contributed by atoms with Gasteiger partial charge in [0.15, 0.2) is 12.1 Å². The maximum Gasteiger partial charge on any atom is 0.167 e. The molecular weight excluding hydrogens is 272 g/mol. The Hall–Kier alpha value is -1.88. The molecule has 0 saturated carbocycles. The quantitative estimate of drug-likeness (QED) is 0.689. The van der Waals surface area contributed by atoms with Gasteiger partial charge in [0.25, 0.3) is 0 Å². The van der Waals surface area contributed by atoms with Crippen LogP contribution < -0.4 is 9.47 Å². The predicted octanol–water partition coefficient (Wildman–Crippen LogP) is 2.49. The summed E-state index contributed by atoms with van der Waals surface area (Å²) in [5.74, 6) is 0.979. The number of Topliss-reactive ketones (excluding diaryl/α,β-unsaturated/α-hetero) is 1. The lowest BCUT2D eigenvalue weighted by Gasteiger charge is -2.21. The molecule has 116 valence electrons. The smallest absolute Gasteiger partial charge is 0.167 e. The number of rotatable bonds is 8. The second-order valence-corrected chi connectivity index (χ2v) is 4.75. The minimum atomic E-state index is -0.110. The Morgan fingerprint density at radius 2 is 1.86 bits per heavy atom. The first-order chi connectivity index (χ1) is 10.0. The standard InChI is InChI=1S/C16H22O5/c1-6-12-15(20-5)11(3)14(9-19-4)13(7-17)16(12)21-8-10(2)18/h7H,6,8-9H2,1-5H3. The van der Waals surface area contributed by atoms with Crippen LogP contribution in [-0.4, -0.2) is 32.9 Å². The molecule has 0 aliphatic heterocycles. The number of benzene rings is 1. The van der Waals surface area contributed by atoms with Crippen LogP contribution in [0.1, 0.15) is 40.9 Å². The summed E-state index contributed by atoms with van der Waals surface area (Å²) in [6, 6.07) is 0. The van der Waals surface area contributed by atoms with Crippen LogP contribution in [0.5, 0.6) is 11.5 Å². The van der Waals surface area contributed by atoms with Crippen molar-refractivity contribution >= 4 is 12.1 Å². The minimum Gasteiger partial charge on any atom is -0.496 e. The number of ether oxygens (including phenoxy) is 3. The summed E-state index contributed by atoms with van der Waals surface area (Å²) in [7, 11) is 3.14. The Morgan fingerprint density at radius 1 is 1.19 bits per heavy atom. The summed E-state index contributed by atoms with van der Waals surface area (Å²) in [5, 5.41) is 0. The molecule has 0 N–H and O–H groups in total. The summed E-state index contributed by atoms with van der Waals surface area (Å²) in [6.07, 6.45) is 1.38. The fourth-order valence-corrected chi connectivity index (χ4v) is 2.36. The fraction of sp³-hybridized carbons (Fsp3) is 0.500. The third-order valence-electron chi connectivity index (χ3n) is 3.30. The molecule has 1 aromatic carbocycles. The highest BCUT2D eigenvalue weighted by Gasteiger charge is 2.22. The molecule has 0 heterocycles. The van der Waals surface area contributed by atoms with Crippen molar-refractivity contribution in [3.63, 3.8) is 0 Å². The maximum absolute atomic E-state index is 11.5. The average Bonchev–Trinajstić information content (AvgIpc) is 2.46. The molecule has 0 fully saturated rings. The van der Waals surface area contributed by atoms with E-state index >= 15 is 0 Å². The molecule has 0 radical (unpaired) electrons. The zero-order chi connectivity index (χ0) is 16.0. The molecule has 0 aliphatic carbocycles. The van der Waals surface area contributed by atoms with Gasteiger partial charge in [0.2, 0.25) is 0 Å². The fourth-order valence-electron chi connectivity index (χ4n) is 2.36. The molecule has 1 rings (SSSR count). The topological polar surface area (TPSA) is 61.8 Å². The van der Waals surface area contributed by atoms with Gasteiger partial charge in [0.1, 0.15) is 18.1 Å². The molecule has 0 atom stereocenters. The first kappa shape index (κ1) is 17.2. The van der Waals surface area contributed by atoms with Crippen LogP contribution >= 0.6 is 0 Å². The highest BCUT2D eigenvalue weighted by atomic mass is 16.5. The lowest BCUT2D eigenvalue weighted by Crippen LogP contribution is -2.13. The number of methoxy groups -OCH3 is 2. The summed E-state index contributed by atoms with van der Waals surface area (Å²) in [6.45, 7) is 5.47. The van der Waals surface area contributed by atoms with E-state index in [4.69, 9.17) is 14.2 Å². The number of aldehydes is 1. The van der Waals surface area contributed by atoms with Crippen LogP contribution in [0.3, 0.4) is 0 Å². The third kappa shape index (κ3) is 3.61. The Bertz CT molecular complexity index is 534. The van der Waals surface area contributed by atoms with Crippen LogP contribution in [0.2, 0.25) is 0 Å². The van der Waals surface area contributed by atoms with Gasteiger partial charge in [-0.2, -0.15) is 0 Å². The van der Waals surface area contributed by atoms with Gasteiger partial charge in [-0.15, -0.1) is 0 Å². The molecular formula is C16H22O5. The molecule has 0 bridgehead atoms. The molecule has 5 nitrogen and oxygen atoms in total. The van der Waals surface area contributed by atoms with E-state index in [9.17, 15) is 9.59 Å². The summed E-state index contributed by atoms with van der Waals surface area (Å²) >= 11 is 0. The largest absolute Gasteiger partial charge is 0.496 e. The van der Waals surface area contributed by atoms with E-state index in [-0.39, 0.29) is 19.0 Å². The average molecular weight is 294 g/mol. The van der Waals surface area contributed by atoms with E-state index in [0.29, 0.717) is 23.5 Å². The van der Waals surface area contributed by atoms with E-state index < -0.39 is 0 Å². The number of carbonyl (C=O) groups excluding carboxylic acids is 2. The van der Waals surface area contributed by atoms with Crippen molar-refractivity contribution in [3.05, 3.63) is 22.3 Å². The first-order valence-corrected chi connectivity index (χ1v) is 6.80. The second-order valence-electron chi connectivity index (χ2n) is 4.75. The van der Waals surface area contributed by atoms with E-state index in [2.05, 4.69) is 0 Å². The number of ketones is 1. The van der Waals surface area contributed by atoms with Gasteiger partial charge in [-0.3, -0.25) is 9.59 Å². The highest BCUT2D eigenvalue weighted by Crippen LogP contribution is 2.39. The van der Waals surface area contributed by atoms with Crippen molar-refractivity contribution < 1.29 is 23.8 Å². The normalized spacial score (nSPS) is 10.3. The summed E-state index contributed by atoms with van der Waals surface area (Å²) < 4.78 is 16.2. The molecule has 0 unspecified atom stereocenters. The van der Waals surface area contributed by atoms with Crippen LogP contribution in [-0.2, 0) is 22.6 Å². The van der Waals surface area contributed by atoms with Gasteiger partial charge < -0.3 is 14.2 Å². The minimum absolute atomic E-state index is 0.0769. The maximum atomic E-state index is 11.5. The molecule has 0 amide bonds. The Labute approximate surface area is 125 Å². The van der Waals surface area contributed by atoms with Gasteiger partial charge in [0, 0.05) is 12.7 Å². The second kappa shape index (κ2) is 7.78. The zero-order valence-corrected chi connectivity index (χ0v) is 13.2. The van der Waals surface area contributed by atoms with Gasteiger partial charge >= 0.3 is 0 Å². The summed E-state index contributed by atoms with van der Waals surface area (Å²) in [5.41, 5.74) is 2.79. The van der Waals surface area contributed by atoms with Crippen LogP contribution in [0.4, 0.5) is 0 Å². The monoisotopic (exact) mass is 294 g/mol. The number of hydrogen-bond donors (Lipinski definition) is 0. The SMILES string of the molecule is CCc1c(OC)c(C)c(COC)c(C=O)c1OCC(C)=O.